The van der Waals surface area contributed by atoms with Crippen molar-refractivity contribution < 1.29 is 17.6 Å². The minimum Gasteiger partial charge on any atom is -0.439 e. The van der Waals surface area contributed by atoms with Crippen LogP contribution in [0.25, 0.3) is 0 Å². The molecule has 19 heavy (non-hydrogen) atoms. The van der Waals surface area contributed by atoms with E-state index in [1.807, 2.05) is 6.92 Å². The molecule has 6 heteroatoms. The molecule has 5 nitrogen and oxygen atoms in total. The third-order valence-electron chi connectivity index (χ3n) is 3.10. The van der Waals surface area contributed by atoms with E-state index < -0.39 is 15.7 Å². The molecule has 0 saturated heterocycles. The largest absolute Gasteiger partial charge is 0.439 e. The molecule has 1 aromatic rings. The molecule has 0 aromatic carbocycles. The monoisotopic (exact) mass is 287 g/mol. The smallest absolute Gasteiger partial charge is 0.284 e. The molecule has 0 aliphatic carbocycles. The van der Waals surface area contributed by atoms with E-state index in [9.17, 15) is 13.2 Å². The maximum atomic E-state index is 11.5. The number of carbonyl (C=O) groups is 1. The molecule has 2 N–H and O–H groups in total. The van der Waals surface area contributed by atoms with Crippen LogP contribution in [0.1, 0.15) is 61.6 Å². The lowest BCUT2D eigenvalue weighted by atomic mass is 9.95. The van der Waals surface area contributed by atoms with E-state index in [-0.39, 0.29) is 16.8 Å². The number of hydrogen-bond acceptors (Lipinski definition) is 4. The fourth-order valence-electron chi connectivity index (χ4n) is 1.98. The summed E-state index contributed by atoms with van der Waals surface area (Å²) in [7, 11) is -3.47. The fourth-order valence-corrected chi connectivity index (χ4v) is 2.55. The number of hydrogen-bond donors (Lipinski definition) is 1. The highest BCUT2D eigenvalue weighted by atomic mass is 32.2. The van der Waals surface area contributed by atoms with Crippen molar-refractivity contribution in [2.45, 2.75) is 50.5 Å². The van der Waals surface area contributed by atoms with Crippen molar-refractivity contribution in [2.75, 3.05) is 6.26 Å². The van der Waals surface area contributed by atoms with Crippen LogP contribution in [0.5, 0.6) is 0 Å². The zero-order valence-electron chi connectivity index (χ0n) is 11.6. The van der Waals surface area contributed by atoms with E-state index in [1.165, 1.54) is 6.07 Å². The van der Waals surface area contributed by atoms with Gasteiger partial charge in [-0.2, -0.15) is 0 Å². The Hall–Kier alpha value is -1.30. The predicted octanol–water partition coefficient (Wildman–Crippen LogP) is 2.47. The Bertz CT molecular complexity index is 545. The van der Waals surface area contributed by atoms with Gasteiger partial charge >= 0.3 is 0 Å². The maximum absolute atomic E-state index is 11.5. The van der Waals surface area contributed by atoms with Crippen LogP contribution in [0.2, 0.25) is 0 Å². The zero-order valence-corrected chi connectivity index (χ0v) is 12.4. The molecule has 1 unspecified atom stereocenters. The fraction of sp³-hybridized carbons (Fsp3) is 0.615. The van der Waals surface area contributed by atoms with E-state index in [0.29, 0.717) is 5.56 Å². The predicted molar refractivity (Wildman–Crippen MR) is 72.9 cm³/mol. The second-order valence-corrected chi connectivity index (χ2v) is 6.83. The molecule has 0 radical (unpaired) electrons. The number of sulfone groups is 1. The maximum Gasteiger partial charge on any atom is 0.284 e. The summed E-state index contributed by atoms with van der Waals surface area (Å²) in [5.41, 5.74) is 5.82. The van der Waals surface area contributed by atoms with Crippen LogP contribution in [0.15, 0.2) is 15.6 Å². The first-order chi connectivity index (χ1) is 8.77. The number of carbonyl (C=O) groups excluding carboxylic acids is 1. The molecular formula is C13H21NO4S. The summed E-state index contributed by atoms with van der Waals surface area (Å²) in [5.74, 6) is -0.718. The molecular weight excluding hydrogens is 266 g/mol. The van der Waals surface area contributed by atoms with Crippen molar-refractivity contribution in [3.05, 3.63) is 17.4 Å². The molecule has 0 fully saturated rings. The highest BCUT2D eigenvalue weighted by Crippen LogP contribution is 2.29. The summed E-state index contributed by atoms with van der Waals surface area (Å²) in [6.07, 6.45) is 5.15. The summed E-state index contributed by atoms with van der Waals surface area (Å²) in [6.45, 7) is 4.05. The lowest BCUT2D eigenvalue weighted by Gasteiger charge is -2.09. The SMILES string of the molecule is CCCCCC(C)c1cc(S(C)(=O)=O)oc1C(N)=O. The van der Waals surface area contributed by atoms with Gasteiger partial charge in [-0.05, 0) is 12.3 Å². The van der Waals surface area contributed by atoms with Gasteiger partial charge < -0.3 is 10.2 Å². The lowest BCUT2D eigenvalue weighted by molar-refractivity contribution is 0.0967. The van der Waals surface area contributed by atoms with Crippen LogP contribution in [0.4, 0.5) is 0 Å². The molecule has 0 aliphatic heterocycles. The standard InChI is InChI=1S/C13H21NO4S/c1-4-5-6-7-9(2)10-8-11(19(3,16)17)18-12(10)13(14)15/h8-9H,4-7H2,1-3H3,(H2,14,15). The van der Waals surface area contributed by atoms with Crippen molar-refractivity contribution >= 4 is 15.7 Å². The Balaban J connectivity index is 3.04. The van der Waals surface area contributed by atoms with Gasteiger partial charge in [-0.25, -0.2) is 8.42 Å². The first-order valence-electron chi connectivity index (χ1n) is 6.41. The summed E-state index contributed by atoms with van der Waals surface area (Å²) in [6, 6.07) is 1.42. The van der Waals surface area contributed by atoms with Gasteiger partial charge in [0.25, 0.3) is 5.91 Å². The Morgan fingerprint density at radius 2 is 2.05 bits per heavy atom. The van der Waals surface area contributed by atoms with Crippen molar-refractivity contribution in [3.8, 4) is 0 Å². The molecule has 1 atom stereocenters. The van der Waals surface area contributed by atoms with Gasteiger partial charge in [0.1, 0.15) is 0 Å². The zero-order chi connectivity index (χ0) is 14.6. The molecule has 0 aliphatic rings. The Kier molecular flexibility index (Phi) is 5.17. The van der Waals surface area contributed by atoms with Crippen molar-refractivity contribution in [1.29, 1.82) is 0 Å². The van der Waals surface area contributed by atoms with Gasteiger partial charge in [0, 0.05) is 17.9 Å². The minimum absolute atomic E-state index is 0.0376. The molecule has 1 amide bonds. The van der Waals surface area contributed by atoms with Crippen LogP contribution >= 0.6 is 0 Å². The first kappa shape index (κ1) is 15.8. The summed E-state index contributed by atoms with van der Waals surface area (Å²) >= 11 is 0. The molecule has 1 rings (SSSR count). The van der Waals surface area contributed by atoms with Crippen molar-refractivity contribution in [3.63, 3.8) is 0 Å². The van der Waals surface area contributed by atoms with Gasteiger partial charge in [0.15, 0.2) is 5.76 Å². The lowest BCUT2D eigenvalue weighted by Crippen LogP contribution is -2.13. The van der Waals surface area contributed by atoms with Crippen LogP contribution in [-0.2, 0) is 9.84 Å². The van der Waals surface area contributed by atoms with Crippen molar-refractivity contribution in [1.82, 2.24) is 0 Å². The molecule has 0 spiro atoms. The van der Waals surface area contributed by atoms with Crippen LogP contribution in [0, 0.1) is 0 Å². The van der Waals surface area contributed by atoms with Crippen LogP contribution < -0.4 is 5.73 Å². The van der Waals surface area contributed by atoms with E-state index in [2.05, 4.69) is 6.92 Å². The van der Waals surface area contributed by atoms with Gasteiger partial charge in [0.2, 0.25) is 14.9 Å². The first-order valence-corrected chi connectivity index (χ1v) is 8.30. The third-order valence-corrected chi connectivity index (χ3v) is 4.03. The number of nitrogens with two attached hydrogens (primary N) is 1. The highest BCUT2D eigenvalue weighted by molar-refractivity contribution is 7.90. The van der Waals surface area contributed by atoms with Gasteiger partial charge in [-0.3, -0.25) is 4.79 Å². The summed E-state index contributed by atoms with van der Waals surface area (Å²) in [5, 5.41) is -0.196. The third kappa shape index (κ3) is 4.09. The number of unbranched alkanes of at least 4 members (excludes halogenated alkanes) is 2. The van der Waals surface area contributed by atoms with Gasteiger partial charge in [-0.1, -0.05) is 33.1 Å². The number of amides is 1. The normalized spacial score (nSPS) is 13.4. The average molecular weight is 287 g/mol. The summed E-state index contributed by atoms with van der Waals surface area (Å²) in [4.78, 5) is 11.3. The topological polar surface area (TPSA) is 90.4 Å². The minimum atomic E-state index is -3.47. The number of rotatable bonds is 7. The van der Waals surface area contributed by atoms with Crippen molar-refractivity contribution in [2.24, 2.45) is 5.73 Å². The molecule has 1 aromatic heterocycles. The van der Waals surface area contributed by atoms with E-state index in [1.54, 1.807) is 0 Å². The van der Waals surface area contributed by atoms with Gasteiger partial charge in [0.05, 0.1) is 0 Å². The van der Waals surface area contributed by atoms with Gasteiger partial charge in [-0.15, -0.1) is 0 Å². The Morgan fingerprint density at radius 1 is 1.42 bits per heavy atom. The molecule has 0 bridgehead atoms. The number of furan rings is 1. The molecule has 108 valence electrons. The quantitative estimate of drug-likeness (QED) is 0.780. The Morgan fingerprint density at radius 3 is 2.53 bits per heavy atom. The van der Waals surface area contributed by atoms with Crippen LogP contribution in [-0.4, -0.2) is 20.6 Å². The second kappa shape index (κ2) is 6.23. The molecule has 0 saturated carbocycles. The van der Waals surface area contributed by atoms with E-state index in [0.717, 1.165) is 31.9 Å². The summed E-state index contributed by atoms with van der Waals surface area (Å²) < 4.78 is 28.0. The van der Waals surface area contributed by atoms with E-state index in [4.69, 9.17) is 10.2 Å². The molecule has 1 heterocycles. The number of primary amides is 1. The average Bonchev–Trinajstić information content (AvgIpc) is 2.73. The second-order valence-electron chi connectivity index (χ2n) is 4.88. The van der Waals surface area contributed by atoms with E-state index >= 15 is 0 Å². The van der Waals surface area contributed by atoms with Crippen LogP contribution in [0.3, 0.4) is 0 Å². The Labute approximate surface area is 114 Å². The highest BCUT2D eigenvalue weighted by Gasteiger charge is 2.24.